The van der Waals surface area contributed by atoms with Crippen molar-refractivity contribution in [1.82, 2.24) is 4.90 Å². The highest BCUT2D eigenvalue weighted by atomic mass is 35.7. The molecular formula is C15H22ClNO3S. The quantitative estimate of drug-likeness (QED) is 0.777. The van der Waals surface area contributed by atoms with Crippen molar-refractivity contribution in [3.05, 3.63) is 23.8 Å². The number of rotatable bonds is 5. The van der Waals surface area contributed by atoms with Crippen LogP contribution in [0.3, 0.4) is 0 Å². The van der Waals surface area contributed by atoms with Gasteiger partial charge in [-0.25, -0.2) is 8.42 Å². The van der Waals surface area contributed by atoms with E-state index in [4.69, 9.17) is 15.4 Å². The first kappa shape index (κ1) is 16.6. The monoisotopic (exact) mass is 331 g/mol. The Balaban J connectivity index is 1.91. The summed E-state index contributed by atoms with van der Waals surface area (Å²) in [6.45, 7) is 3.63. The summed E-state index contributed by atoms with van der Waals surface area (Å²) in [7, 11) is 3.82. The molecule has 1 saturated heterocycles. The van der Waals surface area contributed by atoms with Crippen LogP contribution in [0.2, 0.25) is 0 Å². The molecule has 0 N–H and O–H groups in total. The SMILES string of the molecule is Cc1cc(S(=O)(=O)Cl)ccc1OCCC1CCCCN1C. The van der Waals surface area contributed by atoms with Gasteiger partial charge in [-0.3, -0.25) is 0 Å². The van der Waals surface area contributed by atoms with Gasteiger partial charge in [-0.15, -0.1) is 0 Å². The molecule has 21 heavy (non-hydrogen) atoms. The van der Waals surface area contributed by atoms with E-state index < -0.39 is 9.05 Å². The Kier molecular flexibility index (Phi) is 5.52. The zero-order valence-electron chi connectivity index (χ0n) is 12.5. The van der Waals surface area contributed by atoms with Crippen molar-refractivity contribution in [2.75, 3.05) is 20.2 Å². The lowest BCUT2D eigenvalue weighted by atomic mass is 10.0. The smallest absolute Gasteiger partial charge is 0.261 e. The summed E-state index contributed by atoms with van der Waals surface area (Å²) in [6.07, 6.45) is 4.78. The van der Waals surface area contributed by atoms with E-state index in [-0.39, 0.29) is 4.90 Å². The van der Waals surface area contributed by atoms with Crippen LogP contribution >= 0.6 is 10.7 Å². The first-order valence-corrected chi connectivity index (χ1v) is 9.57. The summed E-state index contributed by atoms with van der Waals surface area (Å²) in [5, 5.41) is 0. The minimum Gasteiger partial charge on any atom is -0.493 e. The van der Waals surface area contributed by atoms with Gasteiger partial charge >= 0.3 is 0 Å². The van der Waals surface area contributed by atoms with Gasteiger partial charge < -0.3 is 9.64 Å². The zero-order valence-corrected chi connectivity index (χ0v) is 14.1. The highest BCUT2D eigenvalue weighted by Crippen LogP contribution is 2.24. The fraction of sp³-hybridized carbons (Fsp3) is 0.600. The van der Waals surface area contributed by atoms with Crippen molar-refractivity contribution < 1.29 is 13.2 Å². The molecule has 6 heteroatoms. The molecule has 1 fully saturated rings. The number of aryl methyl sites for hydroxylation is 1. The molecule has 1 aromatic rings. The molecule has 0 amide bonds. The molecule has 2 rings (SSSR count). The number of halogens is 1. The van der Waals surface area contributed by atoms with Gasteiger partial charge in [-0.2, -0.15) is 0 Å². The van der Waals surface area contributed by atoms with Gasteiger partial charge in [-0.1, -0.05) is 6.42 Å². The minimum atomic E-state index is -3.68. The van der Waals surface area contributed by atoms with Crippen LogP contribution in [-0.4, -0.2) is 39.6 Å². The van der Waals surface area contributed by atoms with Gasteiger partial charge in [0.25, 0.3) is 9.05 Å². The number of nitrogens with zero attached hydrogens (tertiary/aromatic N) is 1. The van der Waals surface area contributed by atoms with E-state index in [1.165, 1.54) is 25.3 Å². The highest BCUT2D eigenvalue weighted by molar-refractivity contribution is 8.13. The van der Waals surface area contributed by atoms with Crippen molar-refractivity contribution in [3.63, 3.8) is 0 Å². The van der Waals surface area contributed by atoms with Crippen LogP contribution in [0.25, 0.3) is 0 Å². The molecule has 1 unspecified atom stereocenters. The molecule has 0 spiro atoms. The van der Waals surface area contributed by atoms with Crippen LogP contribution in [-0.2, 0) is 9.05 Å². The maximum Gasteiger partial charge on any atom is 0.261 e. The van der Waals surface area contributed by atoms with Crippen molar-refractivity contribution in [1.29, 1.82) is 0 Å². The van der Waals surface area contributed by atoms with E-state index in [9.17, 15) is 8.42 Å². The van der Waals surface area contributed by atoms with Gasteiger partial charge in [0.2, 0.25) is 0 Å². The molecule has 4 nitrogen and oxygen atoms in total. The molecule has 118 valence electrons. The Morgan fingerprint density at radius 2 is 2.14 bits per heavy atom. The zero-order chi connectivity index (χ0) is 15.5. The van der Waals surface area contributed by atoms with Crippen LogP contribution in [0.1, 0.15) is 31.2 Å². The van der Waals surface area contributed by atoms with Crippen LogP contribution in [0.15, 0.2) is 23.1 Å². The Labute approximate surface area is 131 Å². The molecule has 0 radical (unpaired) electrons. The second-order valence-corrected chi connectivity index (χ2v) is 8.20. The number of ether oxygens (including phenoxy) is 1. The van der Waals surface area contributed by atoms with Crippen molar-refractivity contribution in [3.8, 4) is 5.75 Å². The highest BCUT2D eigenvalue weighted by Gasteiger charge is 2.18. The molecule has 1 aliphatic heterocycles. The van der Waals surface area contributed by atoms with E-state index in [1.54, 1.807) is 12.1 Å². The second kappa shape index (κ2) is 6.99. The first-order chi connectivity index (χ1) is 9.88. The summed E-state index contributed by atoms with van der Waals surface area (Å²) in [6, 6.07) is 5.29. The van der Waals surface area contributed by atoms with E-state index in [0.29, 0.717) is 12.6 Å². The van der Waals surface area contributed by atoms with Crippen molar-refractivity contribution in [2.45, 2.75) is 43.5 Å². The third-order valence-electron chi connectivity index (χ3n) is 4.06. The summed E-state index contributed by atoms with van der Waals surface area (Å²) in [4.78, 5) is 2.50. The molecule has 0 aliphatic carbocycles. The molecule has 0 saturated carbocycles. The van der Waals surface area contributed by atoms with Crippen LogP contribution in [0, 0.1) is 6.92 Å². The first-order valence-electron chi connectivity index (χ1n) is 7.26. The molecule has 0 bridgehead atoms. The van der Waals surface area contributed by atoms with Gasteiger partial charge in [0.1, 0.15) is 5.75 Å². The van der Waals surface area contributed by atoms with E-state index >= 15 is 0 Å². The Morgan fingerprint density at radius 3 is 2.76 bits per heavy atom. The summed E-state index contributed by atoms with van der Waals surface area (Å²) < 4.78 is 28.3. The predicted octanol–water partition coefficient (Wildman–Crippen LogP) is 3.18. The van der Waals surface area contributed by atoms with Gasteiger partial charge in [-0.05, 0) is 63.5 Å². The fourth-order valence-electron chi connectivity index (χ4n) is 2.75. The fourth-order valence-corrected chi connectivity index (χ4v) is 3.59. The Morgan fingerprint density at radius 1 is 1.38 bits per heavy atom. The second-order valence-electron chi connectivity index (χ2n) is 5.63. The predicted molar refractivity (Wildman–Crippen MR) is 84.6 cm³/mol. The maximum atomic E-state index is 11.3. The van der Waals surface area contributed by atoms with E-state index in [1.807, 2.05) is 6.92 Å². The van der Waals surface area contributed by atoms with Gasteiger partial charge in [0.05, 0.1) is 11.5 Å². The Hall–Kier alpha value is -0.780. The van der Waals surface area contributed by atoms with Gasteiger partial charge in [0.15, 0.2) is 0 Å². The van der Waals surface area contributed by atoms with Crippen LogP contribution in [0.5, 0.6) is 5.75 Å². The van der Waals surface area contributed by atoms with Crippen LogP contribution in [0.4, 0.5) is 0 Å². The van der Waals surface area contributed by atoms with Gasteiger partial charge in [0, 0.05) is 16.7 Å². The number of hydrogen-bond acceptors (Lipinski definition) is 4. The normalized spacial score (nSPS) is 20.4. The van der Waals surface area contributed by atoms with E-state index in [0.717, 1.165) is 24.3 Å². The molecular weight excluding hydrogens is 310 g/mol. The largest absolute Gasteiger partial charge is 0.493 e. The molecule has 1 aromatic carbocycles. The minimum absolute atomic E-state index is 0.112. The molecule has 1 atom stereocenters. The van der Waals surface area contributed by atoms with Crippen molar-refractivity contribution in [2.24, 2.45) is 0 Å². The maximum absolute atomic E-state index is 11.3. The van der Waals surface area contributed by atoms with Crippen LogP contribution < -0.4 is 4.74 Å². The third-order valence-corrected chi connectivity index (χ3v) is 5.41. The number of hydrogen-bond donors (Lipinski definition) is 0. The lowest BCUT2D eigenvalue weighted by Crippen LogP contribution is -2.37. The standard InChI is InChI=1S/C15H22ClNO3S/c1-12-11-14(21(16,18)19)6-7-15(12)20-10-8-13-5-3-4-9-17(13)2/h6-7,11,13H,3-5,8-10H2,1-2H3. The average molecular weight is 332 g/mol. The lowest BCUT2D eigenvalue weighted by Gasteiger charge is -2.32. The molecule has 0 aromatic heterocycles. The lowest BCUT2D eigenvalue weighted by molar-refractivity contribution is 0.153. The number of likely N-dealkylation sites (tertiary alicyclic amines) is 1. The number of piperidine rings is 1. The average Bonchev–Trinajstić information content (AvgIpc) is 2.41. The summed E-state index contributed by atoms with van der Waals surface area (Å²) >= 11 is 0. The molecule has 1 heterocycles. The topological polar surface area (TPSA) is 46.6 Å². The summed E-state index contributed by atoms with van der Waals surface area (Å²) in [5.41, 5.74) is 0.786. The summed E-state index contributed by atoms with van der Waals surface area (Å²) in [5.74, 6) is 0.720. The third kappa shape index (κ3) is 4.59. The number of benzene rings is 1. The molecule has 1 aliphatic rings. The van der Waals surface area contributed by atoms with Crippen molar-refractivity contribution >= 4 is 19.7 Å². The van der Waals surface area contributed by atoms with E-state index in [2.05, 4.69) is 11.9 Å². The Bertz CT molecular complexity index is 589.